The number of hydrogen-bond acceptors (Lipinski definition) is 6. The Morgan fingerprint density at radius 3 is 2.35 bits per heavy atom. The second-order valence-electron chi connectivity index (χ2n) is 7.50. The van der Waals surface area contributed by atoms with E-state index in [1.165, 1.54) is 0 Å². The standard InChI is InChI=1S/C24H24N4O3/c1-4-31-24(30)22-15(2)16-9-5-7-11-18(16)25-20(22)13-28(3)14-21-26-19-12-8-6-10-17(19)23(29)27-21/h5-12H,4,13-14H2,1-3H3,(H,26,27,29). The Bertz CT molecular complexity index is 1330. The topological polar surface area (TPSA) is 88.2 Å². The minimum absolute atomic E-state index is 0.166. The van der Waals surface area contributed by atoms with Crippen molar-refractivity contribution in [3.05, 3.63) is 81.5 Å². The third-order valence-electron chi connectivity index (χ3n) is 5.21. The van der Waals surface area contributed by atoms with Gasteiger partial charge in [-0.05, 0) is 44.7 Å². The first-order valence-corrected chi connectivity index (χ1v) is 10.2. The molecular weight excluding hydrogens is 392 g/mol. The van der Waals surface area contributed by atoms with Gasteiger partial charge in [0.25, 0.3) is 5.56 Å². The first-order valence-electron chi connectivity index (χ1n) is 10.2. The minimum Gasteiger partial charge on any atom is -0.462 e. The molecule has 158 valence electrons. The predicted molar refractivity (Wildman–Crippen MR) is 120 cm³/mol. The lowest BCUT2D eigenvalue weighted by Crippen LogP contribution is -2.24. The Kier molecular flexibility index (Phi) is 5.77. The van der Waals surface area contributed by atoms with Crippen LogP contribution < -0.4 is 5.56 Å². The Morgan fingerprint density at radius 1 is 1.00 bits per heavy atom. The van der Waals surface area contributed by atoms with E-state index in [4.69, 9.17) is 9.72 Å². The van der Waals surface area contributed by atoms with Crippen molar-refractivity contribution in [3.8, 4) is 0 Å². The first kappa shape index (κ1) is 20.7. The number of rotatable bonds is 6. The summed E-state index contributed by atoms with van der Waals surface area (Å²) in [7, 11) is 1.90. The molecule has 2 heterocycles. The molecule has 0 saturated heterocycles. The molecule has 2 aromatic carbocycles. The Morgan fingerprint density at radius 2 is 1.65 bits per heavy atom. The summed E-state index contributed by atoms with van der Waals surface area (Å²) < 4.78 is 5.30. The number of para-hydroxylation sites is 2. The van der Waals surface area contributed by atoms with E-state index >= 15 is 0 Å². The normalized spacial score (nSPS) is 11.4. The molecule has 0 spiro atoms. The van der Waals surface area contributed by atoms with E-state index in [1.807, 2.05) is 61.3 Å². The highest BCUT2D eigenvalue weighted by Crippen LogP contribution is 2.24. The number of H-pyrrole nitrogens is 1. The summed E-state index contributed by atoms with van der Waals surface area (Å²) in [5.41, 5.74) is 3.30. The van der Waals surface area contributed by atoms with Gasteiger partial charge in [-0.25, -0.2) is 9.78 Å². The summed E-state index contributed by atoms with van der Waals surface area (Å²) in [4.78, 5) is 39.2. The number of ether oxygens (including phenoxy) is 1. The monoisotopic (exact) mass is 416 g/mol. The number of pyridine rings is 1. The minimum atomic E-state index is -0.376. The van der Waals surface area contributed by atoms with Gasteiger partial charge in [0.2, 0.25) is 0 Å². The van der Waals surface area contributed by atoms with Crippen molar-refractivity contribution >= 4 is 27.8 Å². The molecule has 0 amide bonds. The van der Waals surface area contributed by atoms with Crippen molar-refractivity contribution in [2.45, 2.75) is 26.9 Å². The molecular formula is C24H24N4O3. The molecule has 1 N–H and O–H groups in total. The molecule has 0 aliphatic heterocycles. The van der Waals surface area contributed by atoms with Crippen molar-refractivity contribution in [3.63, 3.8) is 0 Å². The molecule has 0 bridgehead atoms. The van der Waals surface area contributed by atoms with Crippen LogP contribution in [0, 0.1) is 6.92 Å². The maximum absolute atomic E-state index is 12.7. The number of aromatic nitrogens is 3. The largest absolute Gasteiger partial charge is 0.462 e. The van der Waals surface area contributed by atoms with Crippen LogP contribution in [-0.2, 0) is 17.8 Å². The summed E-state index contributed by atoms with van der Waals surface area (Å²) >= 11 is 0. The van der Waals surface area contributed by atoms with Gasteiger partial charge in [0.15, 0.2) is 0 Å². The Balaban J connectivity index is 1.68. The van der Waals surface area contributed by atoms with E-state index in [0.717, 1.165) is 16.5 Å². The highest BCUT2D eigenvalue weighted by Gasteiger charge is 2.21. The van der Waals surface area contributed by atoms with Crippen LogP contribution in [-0.4, -0.2) is 39.5 Å². The molecule has 0 radical (unpaired) electrons. The van der Waals surface area contributed by atoms with Gasteiger partial charge in [0.05, 0.1) is 40.8 Å². The Hall–Kier alpha value is -3.58. The van der Waals surface area contributed by atoms with Crippen LogP contribution in [0.15, 0.2) is 53.3 Å². The summed E-state index contributed by atoms with van der Waals surface area (Å²) in [6.07, 6.45) is 0. The van der Waals surface area contributed by atoms with Gasteiger partial charge in [0, 0.05) is 11.9 Å². The average Bonchev–Trinajstić information content (AvgIpc) is 2.74. The van der Waals surface area contributed by atoms with E-state index in [2.05, 4.69) is 9.97 Å². The number of fused-ring (bicyclic) bond motifs is 2. The van der Waals surface area contributed by atoms with Gasteiger partial charge in [-0.15, -0.1) is 0 Å². The fourth-order valence-corrected chi connectivity index (χ4v) is 3.81. The number of nitrogens with zero attached hydrogens (tertiary/aromatic N) is 3. The molecule has 4 aromatic rings. The second-order valence-corrected chi connectivity index (χ2v) is 7.50. The number of nitrogens with one attached hydrogen (secondary N) is 1. The Labute approximate surface area is 179 Å². The van der Waals surface area contributed by atoms with Gasteiger partial charge in [0.1, 0.15) is 5.82 Å². The number of aromatic amines is 1. The lowest BCUT2D eigenvalue weighted by atomic mass is 10.0. The molecule has 0 aliphatic rings. The van der Waals surface area contributed by atoms with Crippen molar-refractivity contribution in [2.24, 2.45) is 0 Å². The number of carbonyl (C=O) groups is 1. The molecule has 4 rings (SSSR count). The summed E-state index contributed by atoms with van der Waals surface area (Å²) in [5, 5.41) is 1.49. The third kappa shape index (κ3) is 4.18. The van der Waals surface area contributed by atoms with Gasteiger partial charge >= 0.3 is 5.97 Å². The lowest BCUT2D eigenvalue weighted by molar-refractivity contribution is 0.0522. The zero-order chi connectivity index (χ0) is 22.0. The molecule has 31 heavy (non-hydrogen) atoms. The third-order valence-corrected chi connectivity index (χ3v) is 5.21. The van der Waals surface area contributed by atoms with Crippen LogP contribution in [0.25, 0.3) is 21.8 Å². The van der Waals surface area contributed by atoms with Crippen LogP contribution in [0.3, 0.4) is 0 Å². The summed E-state index contributed by atoms with van der Waals surface area (Å²) in [6, 6.07) is 15.0. The lowest BCUT2D eigenvalue weighted by Gasteiger charge is -2.19. The summed E-state index contributed by atoms with van der Waals surface area (Å²) in [5.74, 6) is 0.181. The van der Waals surface area contributed by atoms with E-state index in [1.54, 1.807) is 13.0 Å². The van der Waals surface area contributed by atoms with Crippen LogP contribution >= 0.6 is 0 Å². The quantitative estimate of drug-likeness (QED) is 0.483. The highest BCUT2D eigenvalue weighted by molar-refractivity contribution is 5.98. The van der Waals surface area contributed by atoms with Crippen LogP contribution in [0.5, 0.6) is 0 Å². The molecule has 7 heteroatoms. The molecule has 7 nitrogen and oxygen atoms in total. The van der Waals surface area contributed by atoms with Crippen LogP contribution in [0.4, 0.5) is 0 Å². The number of hydrogen-bond donors (Lipinski definition) is 1. The molecule has 0 saturated carbocycles. The van der Waals surface area contributed by atoms with Gasteiger partial charge in [-0.2, -0.15) is 0 Å². The molecule has 0 unspecified atom stereocenters. The zero-order valence-corrected chi connectivity index (χ0v) is 17.8. The first-order chi connectivity index (χ1) is 15.0. The SMILES string of the molecule is CCOC(=O)c1c(CN(C)Cc2nc3ccccc3c(=O)[nH]2)nc2ccccc2c1C. The molecule has 2 aromatic heterocycles. The highest BCUT2D eigenvalue weighted by atomic mass is 16.5. The molecule has 0 fully saturated rings. The van der Waals surface area contributed by atoms with Crippen molar-refractivity contribution in [1.82, 2.24) is 19.9 Å². The van der Waals surface area contributed by atoms with Gasteiger partial charge in [-0.3, -0.25) is 14.7 Å². The number of benzene rings is 2. The fraction of sp³-hybridized carbons (Fsp3) is 0.250. The number of esters is 1. The van der Waals surface area contributed by atoms with Crippen molar-refractivity contribution in [1.29, 1.82) is 0 Å². The van der Waals surface area contributed by atoms with Crippen molar-refractivity contribution < 1.29 is 9.53 Å². The second kappa shape index (κ2) is 8.65. The van der Waals surface area contributed by atoms with E-state index in [-0.39, 0.29) is 11.5 Å². The van der Waals surface area contributed by atoms with Crippen molar-refractivity contribution in [2.75, 3.05) is 13.7 Å². The molecule has 0 aliphatic carbocycles. The van der Waals surface area contributed by atoms with Crippen LogP contribution in [0.2, 0.25) is 0 Å². The average molecular weight is 416 g/mol. The summed E-state index contributed by atoms with van der Waals surface area (Å²) in [6.45, 7) is 4.80. The zero-order valence-electron chi connectivity index (χ0n) is 17.8. The fourth-order valence-electron chi connectivity index (χ4n) is 3.81. The van der Waals surface area contributed by atoms with E-state index in [0.29, 0.717) is 47.7 Å². The number of carbonyl (C=O) groups excluding carboxylic acids is 1. The number of aryl methyl sites for hydroxylation is 1. The maximum atomic E-state index is 12.7. The smallest absolute Gasteiger partial charge is 0.340 e. The molecule has 0 atom stereocenters. The van der Waals surface area contributed by atoms with Crippen LogP contribution in [0.1, 0.15) is 34.4 Å². The van der Waals surface area contributed by atoms with E-state index < -0.39 is 0 Å². The van der Waals surface area contributed by atoms with Gasteiger partial charge < -0.3 is 9.72 Å². The van der Waals surface area contributed by atoms with E-state index in [9.17, 15) is 9.59 Å². The van der Waals surface area contributed by atoms with Gasteiger partial charge in [-0.1, -0.05) is 30.3 Å². The maximum Gasteiger partial charge on any atom is 0.340 e. The predicted octanol–water partition coefficient (Wildman–Crippen LogP) is 3.59.